The molecule has 1 aliphatic heterocycles. The van der Waals surface area contributed by atoms with Gasteiger partial charge in [-0.1, -0.05) is 0 Å². The van der Waals surface area contributed by atoms with Gasteiger partial charge in [-0.25, -0.2) is 9.97 Å². The molecule has 0 bridgehead atoms. The lowest BCUT2D eigenvalue weighted by atomic mass is 9.93. The normalized spacial score (nSPS) is 16.7. The number of halogens is 3. The summed E-state index contributed by atoms with van der Waals surface area (Å²) in [6.45, 7) is 2.85. The molecule has 2 heterocycles. The molecule has 0 spiro atoms. The number of benzene rings is 1. The molecule has 9 heteroatoms. The van der Waals surface area contributed by atoms with Crippen LogP contribution in [0.1, 0.15) is 11.4 Å². The number of nitrogens with two attached hydrogens (primary N) is 1. The second kappa shape index (κ2) is 5.90. The van der Waals surface area contributed by atoms with Crippen molar-refractivity contribution in [2.45, 2.75) is 19.1 Å². The van der Waals surface area contributed by atoms with Crippen molar-refractivity contribution < 1.29 is 18.0 Å². The zero-order chi connectivity index (χ0) is 17.5. The van der Waals surface area contributed by atoms with E-state index in [4.69, 9.17) is 5.73 Å². The van der Waals surface area contributed by atoms with Gasteiger partial charge in [0.1, 0.15) is 17.7 Å². The standard InChI is InChI=1S/C15H16F3N5O/c1-7-21-11-3-2-9(15(16,17)18)4-10(11)14(22-7)23-12(13(19)24)8-5-20-6-8/h2-4,8,12,20H,5-6H2,1H3,(H2,19,24)(H,21,22,23). The SMILES string of the molecule is Cc1nc(NC(C(N)=O)C2CNC2)c2cc(C(F)(F)F)ccc2n1. The van der Waals surface area contributed by atoms with Crippen LogP contribution in [0.15, 0.2) is 18.2 Å². The van der Waals surface area contributed by atoms with Crippen molar-refractivity contribution in [3.05, 3.63) is 29.6 Å². The van der Waals surface area contributed by atoms with E-state index in [1.807, 2.05) is 0 Å². The maximum Gasteiger partial charge on any atom is 0.416 e. The molecule has 1 fully saturated rings. The molecule has 0 saturated carbocycles. The highest BCUT2D eigenvalue weighted by Crippen LogP contribution is 2.33. The second-order valence-electron chi connectivity index (χ2n) is 5.79. The number of nitrogens with zero attached hydrogens (tertiary/aromatic N) is 2. The van der Waals surface area contributed by atoms with Gasteiger partial charge in [0.25, 0.3) is 0 Å². The first kappa shape index (κ1) is 16.4. The van der Waals surface area contributed by atoms with Crippen molar-refractivity contribution in [3.8, 4) is 0 Å². The Morgan fingerprint density at radius 3 is 2.62 bits per heavy atom. The molecule has 128 valence electrons. The molecule has 1 aromatic heterocycles. The average molecular weight is 339 g/mol. The molecular formula is C15H16F3N5O. The number of aromatic nitrogens is 2. The zero-order valence-electron chi connectivity index (χ0n) is 12.8. The van der Waals surface area contributed by atoms with Crippen LogP contribution in [-0.2, 0) is 11.0 Å². The first-order chi connectivity index (χ1) is 11.3. The van der Waals surface area contributed by atoms with Crippen LogP contribution in [0.2, 0.25) is 0 Å². The Kier molecular flexibility index (Phi) is 4.04. The maximum atomic E-state index is 13.0. The third kappa shape index (κ3) is 3.12. The first-order valence-electron chi connectivity index (χ1n) is 7.38. The third-order valence-electron chi connectivity index (χ3n) is 4.02. The number of amides is 1. The van der Waals surface area contributed by atoms with Gasteiger partial charge >= 0.3 is 6.18 Å². The molecule has 1 saturated heterocycles. The van der Waals surface area contributed by atoms with Gasteiger partial charge < -0.3 is 16.4 Å². The topological polar surface area (TPSA) is 92.9 Å². The van der Waals surface area contributed by atoms with Crippen LogP contribution in [0.5, 0.6) is 0 Å². The summed E-state index contributed by atoms with van der Waals surface area (Å²) in [5, 5.41) is 6.14. The van der Waals surface area contributed by atoms with Crippen molar-refractivity contribution >= 4 is 22.6 Å². The third-order valence-corrected chi connectivity index (χ3v) is 4.02. The molecule has 4 N–H and O–H groups in total. The average Bonchev–Trinajstić information content (AvgIpc) is 2.42. The Labute approximate surface area is 135 Å². The van der Waals surface area contributed by atoms with Crippen LogP contribution in [0.3, 0.4) is 0 Å². The highest BCUT2D eigenvalue weighted by atomic mass is 19.4. The number of alkyl halides is 3. The highest BCUT2D eigenvalue weighted by Gasteiger charge is 2.33. The van der Waals surface area contributed by atoms with E-state index in [0.717, 1.165) is 12.1 Å². The molecular weight excluding hydrogens is 323 g/mol. The summed E-state index contributed by atoms with van der Waals surface area (Å²) in [6, 6.07) is 2.54. The summed E-state index contributed by atoms with van der Waals surface area (Å²) >= 11 is 0. The van der Waals surface area contributed by atoms with Crippen LogP contribution in [0, 0.1) is 12.8 Å². The van der Waals surface area contributed by atoms with Crippen molar-refractivity contribution in [1.82, 2.24) is 15.3 Å². The first-order valence-corrected chi connectivity index (χ1v) is 7.38. The molecule has 1 aliphatic rings. The molecule has 0 aliphatic carbocycles. The summed E-state index contributed by atoms with van der Waals surface area (Å²) in [5.74, 6) is -0.0319. The number of hydrogen-bond donors (Lipinski definition) is 3. The van der Waals surface area contributed by atoms with Gasteiger partial charge in [0.15, 0.2) is 0 Å². The molecule has 3 rings (SSSR count). The van der Waals surface area contributed by atoms with Gasteiger partial charge in [-0.2, -0.15) is 13.2 Å². The van der Waals surface area contributed by atoms with E-state index in [-0.39, 0.29) is 17.1 Å². The van der Waals surface area contributed by atoms with Gasteiger partial charge in [0.2, 0.25) is 5.91 Å². The van der Waals surface area contributed by atoms with E-state index in [2.05, 4.69) is 20.6 Å². The minimum Gasteiger partial charge on any atom is -0.368 e. The van der Waals surface area contributed by atoms with Gasteiger partial charge in [-0.05, 0) is 25.1 Å². The lowest BCUT2D eigenvalue weighted by Crippen LogP contribution is -2.55. The quantitative estimate of drug-likeness (QED) is 0.784. The molecule has 1 unspecified atom stereocenters. The molecule has 24 heavy (non-hydrogen) atoms. The summed E-state index contributed by atoms with van der Waals surface area (Å²) in [7, 11) is 0. The molecule has 1 aromatic carbocycles. The van der Waals surface area contributed by atoms with Crippen LogP contribution in [0.25, 0.3) is 10.9 Å². The van der Waals surface area contributed by atoms with E-state index in [0.29, 0.717) is 24.4 Å². The number of hydrogen-bond acceptors (Lipinski definition) is 5. The van der Waals surface area contributed by atoms with Crippen LogP contribution in [-0.4, -0.2) is 35.0 Å². The van der Waals surface area contributed by atoms with E-state index in [1.165, 1.54) is 6.07 Å². The van der Waals surface area contributed by atoms with Crippen LogP contribution in [0.4, 0.5) is 19.0 Å². The number of rotatable bonds is 4. The van der Waals surface area contributed by atoms with E-state index < -0.39 is 23.7 Å². The minimum atomic E-state index is -4.47. The predicted molar refractivity (Wildman–Crippen MR) is 82.2 cm³/mol. The molecule has 2 aromatic rings. The number of primary amides is 1. The largest absolute Gasteiger partial charge is 0.416 e. The predicted octanol–water partition coefficient (Wildman–Crippen LogP) is 1.44. The Morgan fingerprint density at radius 1 is 1.38 bits per heavy atom. The Morgan fingerprint density at radius 2 is 2.08 bits per heavy atom. The lowest BCUT2D eigenvalue weighted by molar-refractivity contribution is -0.137. The van der Waals surface area contributed by atoms with Gasteiger partial charge in [0.05, 0.1) is 11.1 Å². The fourth-order valence-corrected chi connectivity index (χ4v) is 2.65. The molecule has 1 amide bonds. The fraction of sp³-hybridized carbons (Fsp3) is 0.400. The minimum absolute atomic E-state index is 0.0291. The highest BCUT2D eigenvalue weighted by molar-refractivity contribution is 5.92. The number of carbonyl (C=O) groups is 1. The van der Waals surface area contributed by atoms with E-state index in [9.17, 15) is 18.0 Å². The zero-order valence-corrected chi connectivity index (χ0v) is 12.8. The molecule has 0 radical (unpaired) electrons. The smallest absolute Gasteiger partial charge is 0.368 e. The lowest BCUT2D eigenvalue weighted by Gasteiger charge is -2.33. The number of fused-ring (bicyclic) bond motifs is 1. The second-order valence-corrected chi connectivity index (χ2v) is 5.79. The summed E-state index contributed by atoms with van der Waals surface area (Å²) in [6.07, 6.45) is -4.47. The summed E-state index contributed by atoms with van der Waals surface area (Å²) in [4.78, 5) is 20.0. The molecule has 1 atom stereocenters. The van der Waals surface area contributed by atoms with Gasteiger partial charge in [-0.15, -0.1) is 0 Å². The van der Waals surface area contributed by atoms with Crippen LogP contribution < -0.4 is 16.4 Å². The monoisotopic (exact) mass is 339 g/mol. The number of aryl methyl sites for hydroxylation is 1. The number of anilines is 1. The van der Waals surface area contributed by atoms with Gasteiger partial charge in [0, 0.05) is 24.4 Å². The van der Waals surface area contributed by atoms with Crippen molar-refractivity contribution in [1.29, 1.82) is 0 Å². The number of nitrogens with one attached hydrogen (secondary N) is 2. The summed E-state index contributed by atoms with van der Waals surface area (Å²) in [5.41, 5.74) is 4.99. The summed E-state index contributed by atoms with van der Waals surface area (Å²) < 4.78 is 38.9. The number of carbonyl (C=O) groups excluding carboxylic acids is 1. The van der Waals surface area contributed by atoms with E-state index in [1.54, 1.807) is 6.92 Å². The van der Waals surface area contributed by atoms with Crippen molar-refractivity contribution in [2.75, 3.05) is 18.4 Å². The van der Waals surface area contributed by atoms with E-state index >= 15 is 0 Å². The maximum absolute atomic E-state index is 13.0. The Bertz CT molecular complexity index is 789. The Hall–Kier alpha value is -2.42. The van der Waals surface area contributed by atoms with Crippen molar-refractivity contribution in [3.63, 3.8) is 0 Å². The van der Waals surface area contributed by atoms with Gasteiger partial charge in [-0.3, -0.25) is 4.79 Å². The fourth-order valence-electron chi connectivity index (χ4n) is 2.65. The van der Waals surface area contributed by atoms with Crippen LogP contribution >= 0.6 is 0 Å². The van der Waals surface area contributed by atoms with Crippen molar-refractivity contribution in [2.24, 2.45) is 11.7 Å². The Balaban J connectivity index is 2.06. The molecule has 6 nitrogen and oxygen atoms in total.